The van der Waals surface area contributed by atoms with Gasteiger partial charge in [-0.05, 0) is 30.7 Å². The van der Waals surface area contributed by atoms with Crippen molar-refractivity contribution in [2.24, 2.45) is 0 Å². The third kappa shape index (κ3) is 3.45. The van der Waals surface area contributed by atoms with Crippen LogP contribution in [0, 0.1) is 0 Å². The summed E-state index contributed by atoms with van der Waals surface area (Å²) < 4.78 is 6.64. The molecule has 24 heavy (non-hydrogen) atoms. The predicted molar refractivity (Wildman–Crippen MR) is 87.8 cm³/mol. The zero-order valence-electron chi connectivity index (χ0n) is 13.1. The monoisotopic (exact) mass is 327 g/mol. The van der Waals surface area contributed by atoms with E-state index >= 15 is 0 Å². The van der Waals surface area contributed by atoms with Gasteiger partial charge in [0.05, 0.1) is 11.7 Å². The van der Waals surface area contributed by atoms with Crippen LogP contribution in [0.4, 0.5) is 5.69 Å². The van der Waals surface area contributed by atoms with E-state index in [2.05, 4.69) is 10.6 Å². The van der Waals surface area contributed by atoms with Gasteiger partial charge in [-0.3, -0.25) is 14.4 Å². The standard InChI is InChI=1S/C17H17N3O4/c1-11(18-15(21)9-20-7-3-2-4-17(20)23)12-5-6-14-13(8-12)19-16(22)10-24-14/h2-8,11H,9-10H2,1H3,(H,18,21)(H,19,22)/t11-/m0/s1. The molecule has 0 aliphatic carbocycles. The molecule has 2 heterocycles. The molecule has 1 aromatic carbocycles. The Hall–Kier alpha value is -3.09. The first kappa shape index (κ1) is 15.8. The first-order valence-corrected chi connectivity index (χ1v) is 7.54. The Balaban J connectivity index is 1.68. The molecule has 1 atom stereocenters. The van der Waals surface area contributed by atoms with Crippen LogP contribution in [0.15, 0.2) is 47.4 Å². The molecule has 0 unspecified atom stereocenters. The van der Waals surface area contributed by atoms with E-state index in [-0.39, 0.29) is 36.6 Å². The van der Waals surface area contributed by atoms with Crippen LogP contribution in [0.1, 0.15) is 18.5 Å². The smallest absolute Gasteiger partial charge is 0.262 e. The van der Waals surface area contributed by atoms with Gasteiger partial charge in [0.25, 0.3) is 11.5 Å². The van der Waals surface area contributed by atoms with Crippen molar-refractivity contribution in [2.75, 3.05) is 11.9 Å². The van der Waals surface area contributed by atoms with Gasteiger partial charge in [-0.2, -0.15) is 0 Å². The van der Waals surface area contributed by atoms with Gasteiger partial charge in [0.1, 0.15) is 12.3 Å². The summed E-state index contributed by atoms with van der Waals surface area (Å²) in [7, 11) is 0. The molecule has 1 aliphatic heterocycles. The fourth-order valence-corrected chi connectivity index (χ4v) is 2.49. The molecule has 0 spiro atoms. The van der Waals surface area contributed by atoms with E-state index in [9.17, 15) is 14.4 Å². The van der Waals surface area contributed by atoms with Crippen LogP contribution in [-0.4, -0.2) is 23.0 Å². The van der Waals surface area contributed by atoms with Crippen molar-refractivity contribution < 1.29 is 14.3 Å². The second kappa shape index (κ2) is 6.57. The van der Waals surface area contributed by atoms with E-state index in [0.717, 1.165) is 5.56 Å². The molecule has 2 N–H and O–H groups in total. The van der Waals surface area contributed by atoms with Crippen molar-refractivity contribution in [1.29, 1.82) is 0 Å². The highest BCUT2D eigenvalue weighted by atomic mass is 16.5. The molecular weight excluding hydrogens is 310 g/mol. The van der Waals surface area contributed by atoms with Crippen LogP contribution in [0.5, 0.6) is 5.75 Å². The summed E-state index contributed by atoms with van der Waals surface area (Å²) in [5.74, 6) is 0.126. The summed E-state index contributed by atoms with van der Waals surface area (Å²) >= 11 is 0. The second-order valence-electron chi connectivity index (χ2n) is 5.55. The maximum Gasteiger partial charge on any atom is 0.262 e. The summed E-state index contributed by atoms with van der Waals surface area (Å²) in [6.45, 7) is 1.79. The number of ether oxygens (including phenoxy) is 1. The van der Waals surface area contributed by atoms with Gasteiger partial charge in [0.2, 0.25) is 5.91 Å². The van der Waals surface area contributed by atoms with E-state index in [1.807, 2.05) is 13.0 Å². The van der Waals surface area contributed by atoms with Crippen molar-refractivity contribution in [2.45, 2.75) is 19.5 Å². The fraction of sp³-hybridized carbons (Fsp3) is 0.235. The van der Waals surface area contributed by atoms with Gasteiger partial charge in [-0.25, -0.2) is 0 Å². The molecule has 3 rings (SSSR count). The highest BCUT2D eigenvalue weighted by Crippen LogP contribution is 2.30. The number of pyridine rings is 1. The van der Waals surface area contributed by atoms with Gasteiger partial charge in [0, 0.05) is 12.3 Å². The number of benzene rings is 1. The third-order valence-corrected chi connectivity index (χ3v) is 3.73. The Bertz CT molecular complexity index is 844. The van der Waals surface area contributed by atoms with Gasteiger partial charge in [0.15, 0.2) is 6.61 Å². The topological polar surface area (TPSA) is 89.4 Å². The summed E-state index contributed by atoms with van der Waals surface area (Å²) in [5.41, 5.74) is 1.19. The molecular formula is C17H17N3O4. The minimum atomic E-state index is -0.277. The normalized spacial score (nSPS) is 14.1. The van der Waals surface area contributed by atoms with E-state index in [1.165, 1.54) is 10.6 Å². The van der Waals surface area contributed by atoms with Crippen molar-refractivity contribution in [3.8, 4) is 5.75 Å². The molecule has 0 radical (unpaired) electrons. The number of nitrogens with one attached hydrogen (secondary N) is 2. The molecule has 2 amide bonds. The highest BCUT2D eigenvalue weighted by Gasteiger charge is 2.18. The first-order valence-electron chi connectivity index (χ1n) is 7.54. The number of hydrogen-bond acceptors (Lipinski definition) is 4. The third-order valence-electron chi connectivity index (χ3n) is 3.73. The molecule has 2 aromatic rings. The Morgan fingerprint density at radius 2 is 2.17 bits per heavy atom. The largest absolute Gasteiger partial charge is 0.482 e. The quantitative estimate of drug-likeness (QED) is 0.878. The van der Waals surface area contributed by atoms with Crippen LogP contribution in [0.25, 0.3) is 0 Å². The number of anilines is 1. The SMILES string of the molecule is C[C@H](NC(=O)Cn1ccccc1=O)c1ccc2c(c1)NC(=O)CO2. The summed E-state index contributed by atoms with van der Waals surface area (Å²) in [6.07, 6.45) is 1.57. The predicted octanol–water partition coefficient (Wildman–Crippen LogP) is 1.06. The number of rotatable bonds is 4. The second-order valence-corrected chi connectivity index (χ2v) is 5.55. The lowest BCUT2D eigenvalue weighted by Crippen LogP contribution is -2.33. The Labute approximate surface area is 138 Å². The van der Waals surface area contributed by atoms with Crippen LogP contribution in [0.3, 0.4) is 0 Å². The lowest BCUT2D eigenvalue weighted by atomic mass is 10.1. The van der Waals surface area contributed by atoms with Gasteiger partial charge in [-0.15, -0.1) is 0 Å². The van der Waals surface area contributed by atoms with E-state index in [0.29, 0.717) is 11.4 Å². The molecule has 1 aromatic heterocycles. The van der Waals surface area contributed by atoms with E-state index in [4.69, 9.17) is 4.74 Å². The Morgan fingerprint density at radius 3 is 2.96 bits per heavy atom. The van der Waals surface area contributed by atoms with Gasteiger partial charge >= 0.3 is 0 Å². The lowest BCUT2D eigenvalue weighted by molar-refractivity contribution is -0.122. The van der Waals surface area contributed by atoms with Crippen molar-refractivity contribution in [3.05, 3.63) is 58.5 Å². The Morgan fingerprint density at radius 1 is 1.33 bits per heavy atom. The summed E-state index contributed by atoms with van der Waals surface area (Å²) in [5, 5.41) is 5.57. The molecule has 7 heteroatoms. The molecule has 0 bridgehead atoms. The van der Waals surface area contributed by atoms with Crippen molar-refractivity contribution >= 4 is 17.5 Å². The average molecular weight is 327 g/mol. The maximum absolute atomic E-state index is 12.1. The molecule has 124 valence electrons. The maximum atomic E-state index is 12.1. The van der Waals surface area contributed by atoms with Crippen LogP contribution < -0.4 is 20.9 Å². The number of aromatic nitrogens is 1. The number of amides is 2. The minimum Gasteiger partial charge on any atom is -0.482 e. The van der Waals surface area contributed by atoms with Crippen LogP contribution >= 0.6 is 0 Å². The van der Waals surface area contributed by atoms with Gasteiger partial charge < -0.3 is 19.9 Å². The Kier molecular flexibility index (Phi) is 4.33. The molecule has 1 aliphatic rings. The lowest BCUT2D eigenvalue weighted by Gasteiger charge is -2.21. The summed E-state index contributed by atoms with van der Waals surface area (Å²) in [4.78, 5) is 35.1. The highest BCUT2D eigenvalue weighted by molar-refractivity contribution is 5.95. The van der Waals surface area contributed by atoms with Crippen LogP contribution in [0.2, 0.25) is 0 Å². The average Bonchev–Trinajstić information content (AvgIpc) is 2.56. The summed E-state index contributed by atoms with van der Waals surface area (Å²) in [6, 6.07) is 9.81. The molecule has 7 nitrogen and oxygen atoms in total. The molecule has 0 fully saturated rings. The van der Waals surface area contributed by atoms with E-state index < -0.39 is 0 Å². The first-order chi connectivity index (χ1) is 11.5. The number of carbonyl (C=O) groups is 2. The van der Waals surface area contributed by atoms with Crippen molar-refractivity contribution in [1.82, 2.24) is 9.88 Å². The number of hydrogen-bond donors (Lipinski definition) is 2. The minimum absolute atomic E-state index is 0.00443. The van der Waals surface area contributed by atoms with E-state index in [1.54, 1.807) is 30.5 Å². The fourth-order valence-electron chi connectivity index (χ4n) is 2.49. The van der Waals surface area contributed by atoms with Gasteiger partial charge in [-0.1, -0.05) is 12.1 Å². The zero-order chi connectivity index (χ0) is 17.1. The van der Waals surface area contributed by atoms with Crippen LogP contribution in [-0.2, 0) is 16.1 Å². The molecule has 0 saturated carbocycles. The van der Waals surface area contributed by atoms with Crippen molar-refractivity contribution in [3.63, 3.8) is 0 Å². The number of carbonyl (C=O) groups excluding carboxylic acids is 2. The number of nitrogens with zero attached hydrogens (tertiary/aromatic N) is 1. The number of fused-ring (bicyclic) bond motifs is 1. The zero-order valence-corrected chi connectivity index (χ0v) is 13.1. The molecule has 0 saturated heterocycles.